The number of carbonyl (C=O) groups excluding carboxylic acids is 1. The summed E-state index contributed by atoms with van der Waals surface area (Å²) in [7, 11) is 0. The zero-order chi connectivity index (χ0) is 20.7. The average molecular weight is 380 g/mol. The summed E-state index contributed by atoms with van der Waals surface area (Å²) in [5.41, 5.74) is 5.30. The van der Waals surface area contributed by atoms with E-state index in [0.717, 1.165) is 22.4 Å². The third kappa shape index (κ3) is 4.03. The van der Waals surface area contributed by atoms with Crippen molar-refractivity contribution >= 4 is 17.0 Å². The van der Waals surface area contributed by atoms with Crippen LogP contribution in [0.4, 0.5) is 0 Å². The lowest BCUT2D eigenvalue weighted by molar-refractivity contribution is -0.331. The van der Waals surface area contributed by atoms with Crippen LogP contribution in [0.2, 0.25) is 0 Å². The molecule has 1 heterocycles. The highest BCUT2D eigenvalue weighted by molar-refractivity contribution is 5.81. The van der Waals surface area contributed by atoms with Crippen molar-refractivity contribution in [2.24, 2.45) is 0 Å². The van der Waals surface area contributed by atoms with Crippen LogP contribution >= 0.6 is 0 Å². The standard InChI is InChI=1S/C23H28N2O3/c1-22(2,3)14-11-16(23(4,5)6)20-17(12-14)24-21(25-20)15-9-7-8-10-18(15)28-13-19(26)27/h7-12H,13H2,1-6H3,(H,24,25)(H,26,27). The number of carboxylic acids is 1. The molecule has 0 bridgehead atoms. The summed E-state index contributed by atoms with van der Waals surface area (Å²) in [4.78, 5) is 17.8. The molecule has 148 valence electrons. The van der Waals surface area contributed by atoms with Crippen LogP contribution in [0.1, 0.15) is 52.7 Å². The van der Waals surface area contributed by atoms with Gasteiger partial charge in [-0.05, 0) is 34.6 Å². The highest BCUT2D eigenvalue weighted by atomic mass is 16.5. The lowest BCUT2D eigenvalue weighted by atomic mass is 9.80. The summed E-state index contributed by atoms with van der Waals surface area (Å²) < 4.78 is 5.42. The van der Waals surface area contributed by atoms with E-state index in [1.165, 1.54) is 11.1 Å². The lowest BCUT2D eigenvalue weighted by Gasteiger charge is -2.24. The van der Waals surface area contributed by atoms with Gasteiger partial charge in [0.25, 0.3) is 5.82 Å². The predicted molar refractivity (Wildman–Crippen MR) is 108 cm³/mol. The number of para-hydroxylation sites is 1. The SMILES string of the molecule is CC(C)(C)c1cc(C(C)(C)C)c2[nH+]c(-c3ccccc3OCC(=O)[O-])[nH]c2c1. The number of ether oxygens (including phenoxy) is 1. The highest BCUT2D eigenvalue weighted by Gasteiger charge is 2.27. The summed E-state index contributed by atoms with van der Waals surface area (Å²) in [6.45, 7) is 12.7. The van der Waals surface area contributed by atoms with E-state index in [-0.39, 0.29) is 10.8 Å². The van der Waals surface area contributed by atoms with Crippen molar-refractivity contribution in [3.63, 3.8) is 0 Å². The van der Waals surface area contributed by atoms with Gasteiger partial charge >= 0.3 is 0 Å². The summed E-state index contributed by atoms with van der Waals surface area (Å²) in [6, 6.07) is 11.8. The fourth-order valence-electron chi connectivity index (χ4n) is 3.26. The number of H-pyrrole nitrogens is 2. The zero-order valence-corrected chi connectivity index (χ0v) is 17.4. The van der Waals surface area contributed by atoms with Gasteiger partial charge in [-0.1, -0.05) is 59.7 Å². The molecule has 2 N–H and O–H groups in total. The fourth-order valence-corrected chi connectivity index (χ4v) is 3.26. The van der Waals surface area contributed by atoms with E-state index in [2.05, 4.69) is 63.6 Å². The van der Waals surface area contributed by atoms with Gasteiger partial charge in [-0.25, -0.2) is 9.97 Å². The Morgan fingerprint density at radius 2 is 1.75 bits per heavy atom. The van der Waals surface area contributed by atoms with E-state index in [4.69, 9.17) is 4.74 Å². The molecule has 0 amide bonds. The Morgan fingerprint density at radius 1 is 1.07 bits per heavy atom. The first-order valence-corrected chi connectivity index (χ1v) is 9.49. The molecular weight excluding hydrogens is 352 g/mol. The van der Waals surface area contributed by atoms with Crippen LogP contribution in [0, 0.1) is 0 Å². The number of aromatic nitrogens is 2. The van der Waals surface area contributed by atoms with E-state index in [0.29, 0.717) is 5.75 Å². The van der Waals surface area contributed by atoms with Gasteiger partial charge in [0.2, 0.25) is 0 Å². The number of rotatable bonds is 4. The second-order valence-corrected chi connectivity index (χ2v) is 9.23. The van der Waals surface area contributed by atoms with Crippen LogP contribution in [0.15, 0.2) is 36.4 Å². The number of aromatic amines is 2. The molecule has 3 rings (SSSR count). The summed E-state index contributed by atoms with van der Waals surface area (Å²) in [6.07, 6.45) is 0. The molecule has 0 unspecified atom stereocenters. The van der Waals surface area contributed by atoms with E-state index in [9.17, 15) is 9.90 Å². The average Bonchev–Trinajstić information content (AvgIpc) is 3.01. The van der Waals surface area contributed by atoms with Crippen molar-refractivity contribution in [2.75, 3.05) is 6.61 Å². The molecule has 0 atom stereocenters. The normalized spacial score (nSPS) is 12.4. The van der Waals surface area contributed by atoms with Crippen LogP contribution < -0.4 is 14.8 Å². The topological polar surface area (TPSA) is 79.3 Å². The molecule has 0 aliphatic carbocycles. The Labute approximate surface area is 165 Å². The maximum Gasteiger partial charge on any atom is 0.289 e. The summed E-state index contributed by atoms with van der Waals surface area (Å²) >= 11 is 0. The molecule has 1 aromatic heterocycles. The molecular formula is C23H28N2O3. The number of carboxylic acid groups (broad SMARTS) is 1. The Morgan fingerprint density at radius 3 is 2.36 bits per heavy atom. The Balaban J connectivity index is 2.19. The molecule has 0 aliphatic heterocycles. The van der Waals surface area contributed by atoms with Gasteiger partial charge in [0.1, 0.15) is 17.9 Å². The van der Waals surface area contributed by atoms with Crippen LogP contribution in [-0.2, 0) is 15.6 Å². The smallest absolute Gasteiger partial charge is 0.289 e. The van der Waals surface area contributed by atoms with Crippen LogP contribution in [0.3, 0.4) is 0 Å². The second-order valence-electron chi connectivity index (χ2n) is 9.23. The molecule has 2 aromatic carbocycles. The third-order valence-corrected chi connectivity index (χ3v) is 4.82. The van der Waals surface area contributed by atoms with Gasteiger partial charge in [0.15, 0.2) is 11.0 Å². The monoisotopic (exact) mass is 380 g/mol. The van der Waals surface area contributed by atoms with Crippen molar-refractivity contribution in [1.29, 1.82) is 0 Å². The van der Waals surface area contributed by atoms with E-state index >= 15 is 0 Å². The molecule has 0 saturated heterocycles. The van der Waals surface area contributed by atoms with Crippen LogP contribution in [0.5, 0.6) is 5.75 Å². The van der Waals surface area contributed by atoms with Crippen molar-refractivity contribution in [2.45, 2.75) is 52.4 Å². The number of aliphatic carboxylic acids is 1. The van der Waals surface area contributed by atoms with E-state index in [1.807, 2.05) is 18.2 Å². The largest absolute Gasteiger partial charge is 0.546 e. The Bertz CT molecular complexity index is 1020. The number of imidazole rings is 1. The summed E-state index contributed by atoms with van der Waals surface area (Å²) in [5, 5.41) is 10.8. The maximum atomic E-state index is 10.8. The van der Waals surface area contributed by atoms with E-state index < -0.39 is 12.6 Å². The minimum atomic E-state index is -1.25. The number of benzene rings is 2. The molecule has 3 aromatic rings. The van der Waals surface area contributed by atoms with Gasteiger partial charge < -0.3 is 14.6 Å². The van der Waals surface area contributed by atoms with E-state index in [1.54, 1.807) is 6.07 Å². The fraction of sp³-hybridized carbons (Fsp3) is 0.391. The molecule has 0 saturated carbocycles. The first-order valence-electron chi connectivity index (χ1n) is 9.49. The van der Waals surface area contributed by atoms with Gasteiger partial charge in [0.05, 0.1) is 5.97 Å². The van der Waals surface area contributed by atoms with Gasteiger partial charge in [-0.3, -0.25) is 0 Å². The Kier molecular flexibility index (Phi) is 4.96. The van der Waals surface area contributed by atoms with Crippen molar-refractivity contribution in [1.82, 2.24) is 4.98 Å². The first-order chi connectivity index (χ1) is 13.0. The molecule has 5 heteroatoms. The van der Waals surface area contributed by atoms with Crippen molar-refractivity contribution in [3.8, 4) is 17.1 Å². The van der Waals surface area contributed by atoms with Crippen LogP contribution in [0.25, 0.3) is 22.4 Å². The predicted octanol–water partition coefficient (Wildman–Crippen LogP) is 3.37. The second kappa shape index (κ2) is 6.97. The number of fused-ring (bicyclic) bond motifs is 1. The number of hydrogen-bond donors (Lipinski definition) is 1. The van der Waals surface area contributed by atoms with Crippen molar-refractivity contribution in [3.05, 3.63) is 47.5 Å². The van der Waals surface area contributed by atoms with Crippen molar-refractivity contribution < 1.29 is 19.6 Å². The first kappa shape index (κ1) is 19.9. The third-order valence-electron chi connectivity index (χ3n) is 4.82. The number of carbonyl (C=O) groups is 1. The minimum absolute atomic E-state index is 0.0228. The highest BCUT2D eigenvalue weighted by Crippen LogP contribution is 2.35. The van der Waals surface area contributed by atoms with Crippen LogP contribution in [-0.4, -0.2) is 17.6 Å². The molecule has 0 fully saturated rings. The molecule has 5 nitrogen and oxygen atoms in total. The molecule has 0 aliphatic rings. The minimum Gasteiger partial charge on any atom is -0.546 e. The summed E-state index contributed by atoms with van der Waals surface area (Å²) in [5.74, 6) is 0.0173. The van der Waals surface area contributed by atoms with Gasteiger partial charge in [-0.2, -0.15) is 0 Å². The molecule has 0 radical (unpaired) electrons. The number of hydrogen-bond acceptors (Lipinski definition) is 3. The lowest BCUT2D eigenvalue weighted by Crippen LogP contribution is -2.29. The number of nitrogens with one attached hydrogen (secondary N) is 2. The quantitative estimate of drug-likeness (QED) is 0.754. The van der Waals surface area contributed by atoms with Gasteiger partial charge in [-0.15, -0.1) is 0 Å². The molecule has 28 heavy (non-hydrogen) atoms. The maximum absolute atomic E-state index is 10.8. The van der Waals surface area contributed by atoms with Gasteiger partial charge in [0, 0.05) is 5.56 Å². The Hall–Kier alpha value is -2.82. The molecule has 0 spiro atoms. The zero-order valence-electron chi connectivity index (χ0n) is 17.4.